The lowest BCUT2D eigenvalue weighted by Crippen LogP contribution is -2.53. The fourth-order valence-corrected chi connectivity index (χ4v) is 4.78. The second kappa shape index (κ2) is 7.08. The van der Waals surface area contributed by atoms with Crippen molar-refractivity contribution in [1.29, 1.82) is 0 Å². The number of rotatable bonds is 3. The van der Waals surface area contributed by atoms with Gasteiger partial charge >= 0.3 is 0 Å². The molecule has 2 fully saturated rings. The number of hydrogen-bond donors (Lipinski definition) is 1. The van der Waals surface area contributed by atoms with Crippen LogP contribution in [0.4, 0.5) is 0 Å². The van der Waals surface area contributed by atoms with Crippen LogP contribution in [-0.4, -0.2) is 59.7 Å². The summed E-state index contributed by atoms with van der Waals surface area (Å²) in [4.78, 5) is 42.3. The molecule has 27 heavy (non-hydrogen) atoms. The minimum Gasteiger partial charge on any atom is -0.341 e. The van der Waals surface area contributed by atoms with Gasteiger partial charge in [-0.3, -0.25) is 19.3 Å². The highest BCUT2D eigenvalue weighted by molar-refractivity contribution is 6.22. The second-order valence-electron chi connectivity index (χ2n) is 8.30. The maximum absolute atomic E-state index is 13.4. The lowest BCUT2D eigenvalue weighted by molar-refractivity contribution is -0.136. The van der Waals surface area contributed by atoms with Gasteiger partial charge in [-0.1, -0.05) is 26.0 Å². The van der Waals surface area contributed by atoms with Crippen molar-refractivity contribution in [1.82, 2.24) is 15.1 Å². The number of fused-ring (bicyclic) bond motifs is 2. The Kier molecular flexibility index (Phi) is 4.76. The number of amides is 3. The van der Waals surface area contributed by atoms with Gasteiger partial charge in [-0.15, -0.1) is 0 Å². The lowest BCUT2D eigenvalue weighted by Gasteiger charge is -2.33. The van der Waals surface area contributed by atoms with Crippen molar-refractivity contribution in [3.05, 3.63) is 35.4 Å². The fourth-order valence-electron chi connectivity index (χ4n) is 4.78. The molecule has 0 spiro atoms. The molecule has 144 valence electrons. The van der Waals surface area contributed by atoms with Crippen LogP contribution in [0.2, 0.25) is 0 Å². The maximum Gasteiger partial charge on any atom is 0.262 e. The van der Waals surface area contributed by atoms with E-state index in [1.165, 1.54) is 4.90 Å². The molecule has 3 aliphatic heterocycles. The molecule has 4 rings (SSSR count). The van der Waals surface area contributed by atoms with Gasteiger partial charge in [0.15, 0.2) is 0 Å². The van der Waals surface area contributed by atoms with Crippen LogP contribution in [0.25, 0.3) is 0 Å². The van der Waals surface area contributed by atoms with Crippen LogP contribution in [0.15, 0.2) is 24.3 Å². The van der Waals surface area contributed by atoms with E-state index < -0.39 is 6.04 Å². The van der Waals surface area contributed by atoms with Crippen LogP contribution in [0, 0.1) is 17.8 Å². The molecule has 3 aliphatic rings. The fraction of sp³-hybridized carbons (Fsp3) is 0.571. The number of carbonyl (C=O) groups excluding carboxylic acids is 3. The van der Waals surface area contributed by atoms with E-state index in [1.807, 2.05) is 18.7 Å². The molecule has 2 saturated heterocycles. The van der Waals surface area contributed by atoms with E-state index in [0.717, 1.165) is 25.9 Å². The first-order valence-electron chi connectivity index (χ1n) is 9.95. The van der Waals surface area contributed by atoms with Crippen molar-refractivity contribution in [3.63, 3.8) is 0 Å². The summed E-state index contributed by atoms with van der Waals surface area (Å²) in [7, 11) is 0. The van der Waals surface area contributed by atoms with Gasteiger partial charge in [-0.05, 0) is 55.8 Å². The molecule has 3 heterocycles. The lowest BCUT2D eigenvalue weighted by atomic mass is 9.92. The minimum atomic E-state index is -0.742. The Bertz CT molecular complexity index is 727. The highest BCUT2D eigenvalue weighted by Crippen LogP contribution is 2.31. The Morgan fingerprint density at radius 2 is 1.52 bits per heavy atom. The largest absolute Gasteiger partial charge is 0.341 e. The highest BCUT2D eigenvalue weighted by Gasteiger charge is 2.45. The third-order valence-corrected chi connectivity index (χ3v) is 6.32. The summed E-state index contributed by atoms with van der Waals surface area (Å²) in [5.41, 5.74) is 0.801. The Morgan fingerprint density at radius 3 is 2.00 bits per heavy atom. The van der Waals surface area contributed by atoms with Gasteiger partial charge in [-0.25, -0.2) is 0 Å². The molecule has 0 saturated carbocycles. The average molecular weight is 369 g/mol. The number of imide groups is 1. The second-order valence-corrected chi connectivity index (χ2v) is 8.30. The molecule has 0 radical (unpaired) electrons. The third kappa shape index (κ3) is 3.06. The summed E-state index contributed by atoms with van der Waals surface area (Å²) < 4.78 is 0. The zero-order valence-corrected chi connectivity index (χ0v) is 16.0. The normalized spacial score (nSPS) is 26.2. The summed E-state index contributed by atoms with van der Waals surface area (Å²) in [6.45, 7) is 7.27. The average Bonchev–Trinajstić information content (AvgIpc) is 3.13. The Labute approximate surface area is 159 Å². The van der Waals surface area contributed by atoms with Crippen LogP contribution in [0.5, 0.6) is 0 Å². The molecule has 0 bridgehead atoms. The van der Waals surface area contributed by atoms with E-state index in [4.69, 9.17) is 0 Å². The van der Waals surface area contributed by atoms with E-state index in [9.17, 15) is 14.4 Å². The van der Waals surface area contributed by atoms with E-state index in [2.05, 4.69) is 5.32 Å². The van der Waals surface area contributed by atoms with Crippen molar-refractivity contribution < 1.29 is 14.4 Å². The smallest absolute Gasteiger partial charge is 0.262 e. The maximum atomic E-state index is 13.4. The molecule has 1 aromatic carbocycles. The zero-order valence-electron chi connectivity index (χ0n) is 16.0. The van der Waals surface area contributed by atoms with Crippen LogP contribution < -0.4 is 5.32 Å². The molecule has 0 aliphatic carbocycles. The quantitative estimate of drug-likeness (QED) is 0.825. The zero-order chi connectivity index (χ0) is 19.1. The van der Waals surface area contributed by atoms with Gasteiger partial charge in [0.05, 0.1) is 11.1 Å². The summed E-state index contributed by atoms with van der Waals surface area (Å²) in [6, 6.07) is 6.09. The summed E-state index contributed by atoms with van der Waals surface area (Å²) in [5, 5.41) is 3.44. The molecule has 1 aromatic rings. The van der Waals surface area contributed by atoms with Crippen LogP contribution in [-0.2, 0) is 4.79 Å². The van der Waals surface area contributed by atoms with E-state index >= 15 is 0 Å². The highest BCUT2D eigenvalue weighted by atomic mass is 16.2. The number of hydrogen-bond acceptors (Lipinski definition) is 4. The van der Waals surface area contributed by atoms with Gasteiger partial charge in [0.2, 0.25) is 5.91 Å². The third-order valence-electron chi connectivity index (χ3n) is 6.32. The molecule has 6 heteroatoms. The van der Waals surface area contributed by atoms with Gasteiger partial charge < -0.3 is 10.2 Å². The molecule has 6 nitrogen and oxygen atoms in total. The van der Waals surface area contributed by atoms with Crippen LogP contribution in [0.3, 0.4) is 0 Å². The summed E-state index contributed by atoms with van der Waals surface area (Å²) in [6.07, 6.45) is 1.96. The predicted octanol–water partition coefficient (Wildman–Crippen LogP) is 1.77. The van der Waals surface area contributed by atoms with Gasteiger partial charge in [0.25, 0.3) is 11.8 Å². The van der Waals surface area contributed by atoms with E-state index in [-0.39, 0.29) is 23.6 Å². The first kappa shape index (κ1) is 18.2. The summed E-state index contributed by atoms with van der Waals surface area (Å²) in [5.74, 6) is 0.327. The van der Waals surface area contributed by atoms with Crippen molar-refractivity contribution in [2.45, 2.75) is 32.7 Å². The van der Waals surface area contributed by atoms with Crippen molar-refractivity contribution in [2.75, 3.05) is 26.2 Å². The van der Waals surface area contributed by atoms with Crippen molar-refractivity contribution in [2.24, 2.45) is 17.8 Å². The van der Waals surface area contributed by atoms with Crippen molar-refractivity contribution in [3.8, 4) is 0 Å². The molecular weight excluding hydrogens is 342 g/mol. The minimum absolute atomic E-state index is 0.0903. The Balaban J connectivity index is 1.57. The number of nitrogens with one attached hydrogen (secondary N) is 1. The van der Waals surface area contributed by atoms with Crippen LogP contribution >= 0.6 is 0 Å². The van der Waals surface area contributed by atoms with Gasteiger partial charge in [0.1, 0.15) is 6.04 Å². The topological polar surface area (TPSA) is 69.7 Å². The standard InChI is InChI=1S/C21H27N3O3/c1-13(2)18(24-19(25)16-5-3-4-6-17(16)20(24)26)21(27)23-9-7-14-11-22-12-15(14)8-10-23/h3-6,13-15,18,22H,7-12H2,1-2H3/t14-,15+,18?. The van der Waals surface area contributed by atoms with Gasteiger partial charge in [0, 0.05) is 13.1 Å². The predicted molar refractivity (Wildman–Crippen MR) is 101 cm³/mol. The SMILES string of the molecule is CC(C)C(C(=O)N1CC[C@@H]2CNC[C@@H]2CC1)N1C(=O)c2ccccc2C1=O. The monoisotopic (exact) mass is 369 g/mol. The Hall–Kier alpha value is -2.21. The van der Waals surface area contributed by atoms with E-state index in [0.29, 0.717) is 36.1 Å². The van der Waals surface area contributed by atoms with Crippen molar-refractivity contribution >= 4 is 17.7 Å². The number of carbonyl (C=O) groups is 3. The molecule has 1 N–H and O–H groups in total. The molecule has 1 unspecified atom stereocenters. The van der Waals surface area contributed by atoms with Crippen LogP contribution in [0.1, 0.15) is 47.4 Å². The first-order chi connectivity index (χ1) is 13.0. The number of benzene rings is 1. The first-order valence-corrected chi connectivity index (χ1v) is 9.95. The van der Waals surface area contributed by atoms with E-state index in [1.54, 1.807) is 24.3 Å². The number of nitrogens with zero attached hydrogens (tertiary/aromatic N) is 2. The molecule has 0 aromatic heterocycles. The summed E-state index contributed by atoms with van der Waals surface area (Å²) >= 11 is 0. The Morgan fingerprint density at radius 1 is 1.00 bits per heavy atom. The number of likely N-dealkylation sites (tertiary alicyclic amines) is 1. The van der Waals surface area contributed by atoms with Gasteiger partial charge in [-0.2, -0.15) is 0 Å². The molecular formula is C21H27N3O3. The molecule has 3 amide bonds. The molecule has 3 atom stereocenters.